The van der Waals surface area contributed by atoms with Crippen molar-refractivity contribution in [3.8, 4) is 0 Å². The third kappa shape index (κ3) is 1.80. The number of carboxylic acid groups (broad SMARTS) is 1. The maximum absolute atomic E-state index is 10.8. The number of hydrogen-bond acceptors (Lipinski definition) is 4. The van der Waals surface area contributed by atoms with Gasteiger partial charge in [-0.2, -0.15) is 0 Å². The highest BCUT2D eigenvalue weighted by Gasteiger charge is 2.34. The first-order valence-corrected chi connectivity index (χ1v) is 5.41. The van der Waals surface area contributed by atoms with E-state index in [1.54, 1.807) is 0 Å². The second-order valence-electron chi connectivity index (χ2n) is 3.88. The highest BCUT2D eigenvalue weighted by Crippen LogP contribution is 2.31. The SMILES string of the molecule is CCn1c(C)nnc1C1CCC(C(=O)O)O1. The van der Waals surface area contributed by atoms with E-state index in [4.69, 9.17) is 9.84 Å². The van der Waals surface area contributed by atoms with Crippen molar-refractivity contribution in [3.05, 3.63) is 11.6 Å². The lowest BCUT2D eigenvalue weighted by atomic mass is 10.2. The normalized spacial score (nSPS) is 24.9. The minimum Gasteiger partial charge on any atom is -0.479 e. The Balaban J connectivity index is 2.17. The van der Waals surface area contributed by atoms with Crippen LogP contribution in [-0.2, 0) is 16.1 Å². The number of hydrogen-bond donors (Lipinski definition) is 1. The van der Waals surface area contributed by atoms with E-state index >= 15 is 0 Å². The zero-order valence-corrected chi connectivity index (χ0v) is 9.38. The van der Waals surface area contributed by atoms with Gasteiger partial charge in [-0.1, -0.05) is 0 Å². The Kier molecular flexibility index (Phi) is 2.91. The predicted octanol–water partition coefficient (Wildman–Crippen LogP) is 0.911. The van der Waals surface area contributed by atoms with Gasteiger partial charge in [0.2, 0.25) is 0 Å². The summed E-state index contributed by atoms with van der Waals surface area (Å²) in [4.78, 5) is 10.8. The van der Waals surface area contributed by atoms with Crippen molar-refractivity contribution < 1.29 is 14.6 Å². The molecule has 0 aromatic carbocycles. The summed E-state index contributed by atoms with van der Waals surface area (Å²) in [5, 5.41) is 16.9. The molecule has 0 radical (unpaired) electrons. The molecule has 6 heteroatoms. The first kappa shape index (κ1) is 11.1. The summed E-state index contributed by atoms with van der Waals surface area (Å²) < 4.78 is 7.40. The molecule has 2 atom stereocenters. The number of carboxylic acids is 1. The molecule has 1 saturated heterocycles. The van der Waals surface area contributed by atoms with Crippen molar-refractivity contribution in [2.45, 2.75) is 45.4 Å². The van der Waals surface area contributed by atoms with Crippen molar-refractivity contribution in [2.24, 2.45) is 0 Å². The van der Waals surface area contributed by atoms with Gasteiger partial charge in [-0.25, -0.2) is 4.79 Å². The first-order valence-electron chi connectivity index (χ1n) is 5.41. The number of nitrogens with zero attached hydrogens (tertiary/aromatic N) is 3. The zero-order valence-electron chi connectivity index (χ0n) is 9.38. The van der Waals surface area contributed by atoms with Crippen LogP contribution >= 0.6 is 0 Å². The minimum atomic E-state index is -0.901. The molecule has 2 rings (SSSR count). The van der Waals surface area contributed by atoms with Gasteiger partial charge in [-0.05, 0) is 26.7 Å². The van der Waals surface area contributed by atoms with E-state index in [2.05, 4.69) is 10.2 Å². The number of rotatable bonds is 3. The molecule has 1 fully saturated rings. The van der Waals surface area contributed by atoms with Gasteiger partial charge in [-0.3, -0.25) is 0 Å². The summed E-state index contributed by atoms with van der Waals surface area (Å²) in [5.74, 6) is 0.672. The summed E-state index contributed by atoms with van der Waals surface area (Å²) >= 11 is 0. The van der Waals surface area contributed by atoms with Gasteiger partial charge in [0.05, 0.1) is 0 Å². The fraction of sp³-hybridized carbons (Fsp3) is 0.700. The van der Waals surface area contributed by atoms with Crippen LogP contribution in [0.4, 0.5) is 0 Å². The molecular weight excluding hydrogens is 210 g/mol. The second kappa shape index (κ2) is 4.21. The Morgan fingerprint density at radius 1 is 1.56 bits per heavy atom. The largest absolute Gasteiger partial charge is 0.479 e. The Labute approximate surface area is 93.2 Å². The summed E-state index contributed by atoms with van der Waals surface area (Å²) in [6.07, 6.45) is 0.291. The lowest BCUT2D eigenvalue weighted by molar-refractivity contribution is -0.149. The number of aryl methyl sites for hydroxylation is 1. The number of aliphatic carboxylic acids is 1. The van der Waals surface area contributed by atoms with Crippen molar-refractivity contribution in [2.75, 3.05) is 0 Å². The molecule has 0 bridgehead atoms. The Hall–Kier alpha value is -1.43. The van der Waals surface area contributed by atoms with E-state index in [1.165, 1.54) is 0 Å². The van der Waals surface area contributed by atoms with Gasteiger partial charge in [0, 0.05) is 6.54 Å². The van der Waals surface area contributed by atoms with E-state index in [0.717, 1.165) is 18.2 Å². The molecule has 0 amide bonds. The smallest absolute Gasteiger partial charge is 0.332 e. The molecule has 1 aromatic heterocycles. The molecular formula is C10H15N3O3. The molecule has 1 N–H and O–H groups in total. The summed E-state index contributed by atoms with van der Waals surface area (Å²) in [5.41, 5.74) is 0. The summed E-state index contributed by atoms with van der Waals surface area (Å²) in [6.45, 7) is 4.65. The summed E-state index contributed by atoms with van der Waals surface area (Å²) in [6, 6.07) is 0. The third-order valence-electron chi connectivity index (χ3n) is 2.86. The Bertz CT molecular complexity index is 402. The fourth-order valence-corrected chi connectivity index (χ4v) is 2.04. The van der Waals surface area contributed by atoms with E-state index in [9.17, 15) is 4.79 Å². The van der Waals surface area contributed by atoms with Gasteiger partial charge in [0.1, 0.15) is 11.9 Å². The van der Waals surface area contributed by atoms with Crippen LogP contribution in [0.3, 0.4) is 0 Å². The molecule has 6 nitrogen and oxygen atoms in total. The zero-order chi connectivity index (χ0) is 11.7. The molecule has 16 heavy (non-hydrogen) atoms. The molecule has 0 spiro atoms. The van der Waals surface area contributed by atoms with Crippen molar-refractivity contribution >= 4 is 5.97 Å². The standard InChI is InChI=1S/C10H15N3O3/c1-3-13-6(2)11-12-9(13)7-4-5-8(16-7)10(14)15/h7-8H,3-5H2,1-2H3,(H,14,15). The van der Waals surface area contributed by atoms with Crippen LogP contribution in [0.25, 0.3) is 0 Å². The van der Waals surface area contributed by atoms with Crippen LogP contribution in [-0.4, -0.2) is 31.9 Å². The lowest BCUT2D eigenvalue weighted by Gasteiger charge is -2.12. The Morgan fingerprint density at radius 2 is 2.31 bits per heavy atom. The minimum absolute atomic E-state index is 0.234. The topological polar surface area (TPSA) is 77.2 Å². The van der Waals surface area contributed by atoms with Gasteiger partial charge < -0.3 is 14.4 Å². The Morgan fingerprint density at radius 3 is 2.88 bits per heavy atom. The van der Waals surface area contributed by atoms with Crippen molar-refractivity contribution in [1.29, 1.82) is 0 Å². The molecule has 0 saturated carbocycles. The van der Waals surface area contributed by atoms with E-state index in [-0.39, 0.29) is 6.10 Å². The third-order valence-corrected chi connectivity index (χ3v) is 2.86. The maximum atomic E-state index is 10.8. The fourth-order valence-electron chi connectivity index (χ4n) is 2.04. The van der Waals surface area contributed by atoms with E-state index in [1.807, 2.05) is 18.4 Å². The maximum Gasteiger partial charge on any atom is 0.332 e. The molecule has 2 unspecified atom stereocenters. The molecule has 1 aromatic rings. The van der Waals surface area contributed by atoms with Crippen molar-refractivity contribution in [1.82, 2.24) is 14.8 Å². The number of carbonyl (C=O) groups is 1. The number of aromatic nitrogens is 3. The van der Waals surface area contributed by atoms with Gasteiger partial charge >= 0.3 is 5.97 Å². The van der Waals surface area contributed by atoms with Crippen LogP contribution in [0.5, 0.6) is 0 Å². The highest BCUT2D eigenvalue weighted by molar-refractivity contribution is 5.72. The molecule has 2 heterocycles. The molecule has 88 valence electrons. The van der Waals surface area contributed by atoms with Crippen LogP contribution < -0.4 is 0 Å². The van der Waals surface area contributed by atoms with Crippen LogP contribution in [0.2, 0.25) is 0 Å². The van der Waals surface area contributed by atoms with Gasteiger partial charge in [0.25, 0.3) is 0 Å². The average molecular weight is 225 g/mol. The quantitative estimate of drug-likeness (QED) is 0.827. The molecule has 1 aliphatic rings. The average Bonchev–Trinajstić information content (AvgIpc) is 2.83. The monoisotopic (exact) mass is 225 g/mol. The van der Waals surface area contributed by atoms with Crippen LogP contribution in [0, 0.1) is 6.92 Å². The van der Waals surface area contributed by atoms with Gasteiger partial charge in [0.15, 0.2) is 11.9 Å². The molecule has 0 aliphatic carbocycles. The predicted molar refractivity (Wildman–Crippen MR) is 54.9 cm³/mol. The van der Waals surface area contributed by atoms with Gasteiger partial charge in [-0.15, -0.1) is 10.2 Å². The van der Waals surface area contributed by atoms with Crippen molar-refractivity contribution in [3.63, 3.8) is 0 Å². The van der Waals surface area contributed by atoms with E-state index < -0.39 is 12.1 Å². The first-order chi connectivity index (χ1) is 7.63. The summed E-state index contributed by atoms with van der Waals surface area (Å²) in [7, 11) is 0. The van der Waals surface area contributed by atoms with Crippen LogP contribution in [0.1, 0.15) is 37.5 Å². The number of ether oxygens (including phenoxy) is 1. The lowest BCUT2D eigenvalue weighted by Crippen LogP contribution is -2.19. The highest BCUT2D eigenvalue weighted by atomic mass is 16.5. The van der Waals surface area contributed by atoms with Crippen LogP contribution in [0.15, 0.2) is 0 Å². The molecule has 1 aliphatic heterocycles. The second-order valence-corrected chi connectivity index (χ2v) is 3.88. The van der Waals surface area contributed by atoms with E-state index in [0.29, 0.717) is 12.8 Å².